The summed E-state index contributed by atoms with van der Waals surface area (Å²) in [6, 6.07) is 3.76. The number of hydrogen-bond donors (Lipinski definition) is 0. The van der Waals surface area contributed by atoms with Crippen LogP contribution in [0.3, 0.4) is 0 Å². The van der Waals surface area contributed by atoms with E-state index in [-0.39, 0.29) is 0 Å². The molecular weight excluding hydrogens is 270 g/mol. The maximum absolute atomic E-state index is 5.61. The van der Waals surface area contributed by atoms with Crippen LogP contribution >= 0.6 is 0 Å². The number of benzene rings is 1. The maximum Gasteiger partial charge on any atom is 0.204 e. The molecule has 1 saturated carbocycles. The first-order valence-electron chi connectivity index (χ1n) is 7.00. The van der Waals surface area contributed by atoms with E-state index in [1.807, 2.05) is 12.1 Å². The van der Waals surface area contributed by atoms with Crippen LogP contribution in [0.2, 0.25) is 0 Å². The minimum atomic E-state index is 0.561. The van der Waals surface area contributed by atoms with Crippen molar-refractivity contribution in [2.45, 2.75) is 19.3 Å². The minimum absolute atomic E-state index is 0.561. The van der Waals surface area contributed by atoms with Gasteiger partial charge in [0.2, 0.25) is 5.75 Å². The van der Waals surface area contributed by atoms with Crippen molar-refractivity contribution in [2.24, 2.45) is 5.92 Å². The molecule has 1 heterocycles. The third-order valence-corrected chi connectivity index (χ3v) is 3.77. The highest BCUT2D eigenvalue weighted by Gasteiger charge is 2.27. The fraction of sp³-hybridized carbons (Fsp3) is 0.438. The molecule has 5 heteroatoms. The number of ether oxygens (including phenoxy) is 3. The smallest absolute Gasteiger partial charge is 0.204 e. The first-order chi connectivity index (χ1) is 10.3. The Morgan fingerprint density at radius 2 is 1.86 bits per heavy atom. The second kappa shape index (κ2) is 5.68. The number of oxazole rings is 1. The van der Waals surface area contributed by atoms with Gasteiger partial charge in [0, 0.05) is 0 Å². The van der Waals surface area contributed by atoms with E-state index in [1.165, 1.54) is 19.2 Å². The van der Waals surface area contributed by atoms with Gasteiger partial charge in [-0.25, -0.2) is 4.98 Å². The Balaban J connectivity index is 2.07. The normalized spacial score (nSPS) is 14.0. The van der Waals surface area contributed by atoms with Crippen LogP contribution in [-0.4, -0.2) is 26.3 Å². The first kappa shape index (κ1) is 13.8. The minimum Gasteiger partial charge on any atom is -0.493 e. The lowest BCUT2D eigenvalue weighted by Gasteiger charge is -2.15. The lowest BCUT2D eigenvalue weighted by atomic mass is 10.1. The molecule has 0 radical (unpaired) electrons. The average molecular weight is 289 g/mol. The van der Waals surface area contributed by atoms with Gasteiger partial charge in [-0.3, -0.25) is 0 Å². The van der Waals surface area contributed by atoms with Crippen LogP contribution in [-0.2, 0) is 6.42 Å². The van der Waals surface area contributed by atoms with Crippen LogP contribution in [0.25, 0.3) is 11.3 Å². The zero-order chi connectivity index (χ0) is 14.8. The first-order valence-corrected chi connectivity index (χ1v) is 7.00. The number of rotatable bonds is 6. The molecule has 1 aliphatic rings. The Hall–Kier alpha value is -2.17. The number of aromatic nitrogens is 1. The second-order valence-corrected chi connectivity index (χ2v) is 5.16. The van der Waals surface area contributed by atoms with Crippen molar-refractivity contribution in [3.8, 4) is 28.6 Å². The zero-order valence-corrected chi connectivity index (χ0v) is 12.5. The van der Waals surface area contributed by atoms with Crippen LogP contribution in [0.5, 0.6) is 17.2 Å². The summed E-state index contributed by atoms with van der Waals surface area (Å²) < 4.78 is 21.8. The van der Waals surface area contributed by atoms with Gasteiger partial charge in [0.1, 0.15) is 0 Å². The predicted molar refractivity (Wildman–Crippen MR) is 78.0 cm³/mol. The van der Waals surface area contributed by atoms with E-state index in [0.29, 0.717) is 17.2 Å². The monoisotopic (exact) mass is 289 g/mol. The van der Waals surface area contributed by atoms with Crippen LogP contribution in [0.4, 0.5) is 0 Å². The van der Waals surface area contributed by atoms with E-state index in [4.69, 9.17) is 18.6 Å². The van der Waals surface area contributed by atoms with Crippen molar-refractivity contribution in [3.63, 3.8) is 0 Å². The summed E-state index contributed by atoms with van der Waals surface area (Å²) in [5.41, 5.74) is 1.81. The van der Waals surface area contributed by atoms with Gasteiger partial charge in [0.05, 0.1) is 32.6 Å². The quantitative estimate of drug-likeness (QED) is 0.816. The molecule has 0 spiro atoms. The molecule has 21 heavy (non-hydrogen) atoms. The van der Waals surface area contributed by atoms with Gasteiger partial charge >= 0.3 is 0 Å². The van der Waals surface area contributed by atoms with E-state index < -0.39 is 0 Å². The Labute approximate surface area is 123 Å². The molecule has 2 aromatic rings. The van der Waals surface area contributed by atoms with Crippen LogP contribution < -0.4 is 14.2 Å². The molecular formula is C16H19NO4. The Morgan fingerprint density at radius 1 is 1.10 bits per heavy atom. The van der Waals surface area contributed by atoms with Gasteiger partial charge in [-0.05, 0) is 37.3 Å². The van der Waals surface area contributed by atoms with Gasteiger partial charge in [-0.1, -0.05) is 0 Å². The van der Waals surface area contributed by atoms with Gasteiger partial charge in [0.25, 0.3) is 0 Å². The van der Waals surface area contributed by atoms with Crippen molar-refractivity contribution >= 4 is 0 Å². The molecule has 0 unspecified atom stereocenters. The fourth-order valence-electron chi connectivity index (χ4n) is 2.51. The van der Waals surface area contributed by atoms with E-state index in [2.05, 4.69) is 4.98 Å². The van der Waals surface area contributed by atoms with E-state index >= 15 is 0 Å². The Morgan fingerprint density at radius 3 is 2.48 bits per heavy atom. The number of hydrogen-bond acceptors (Lipinski definition) is 5. The van der Waals surface area contributed by atoms with Gasteiger partial charge < -0.3 is 18.6 Å². The summed E-state index contributed by atoms with van der Waals surface area (Å²) in [7, 11) is 4.80. The van der Waals surface area contributed by atoms with Crippen LogP contribution in [0.1, 0.15) is 18.5 Å². The molecule has 5 nitrogen and oxygen atoms in total. The molecule has 1 aromatic heterocycles. The molecule has 0 saturated heterocycles. The van der Waals surface area contributed by atoms with Crippen molar-refractivity contribution < 1.29 is 18.6 Å². The molecule has 3 rings (SSSR count). The molecule has 112 valence electrons. The summed E-state index contributed by atoms with van der Waals surface area (Å²) in [6.07, 6.45) is 4.98. The molecule has 0 aliphatic heterocycles. The molecule has 0 amide bonds. The van der Waals surface area contributed by atoms with Crippen molar-refractivity contribution in [2.75, 3.05) is 21.3 Å². The zero-order valence-electron chi connectivity index (χ0n) is 12.5. The molecule has 1 aromatic carbocycles. The molecule has 1 aliphatic carbocycles. The Bertz CT molecular complexity index is 631. The summed E-state index contributed by atoms with van der Waals surface area (Å²) in [4.78, 5) is 4.35. The van der Waals surface area contributed by atoms with Gasteiger partial charge in [-0.2, -0.15) is 0 Å². The van der Waals surface area contributed by atoms with E-state index in [0.717, 1.165) is 29.4 Å². The number of nitrogens with zero attached hydrogens (tertiary/aromatic N) is 1. The highest BCUT2D eigenvalue weighted by molar-refractivity contribution is 5.74. The third kappa shape index (κ3) is 2.55. The summed E-state index contributed by atoms with van der Waals surface area (Å²) in [5, 5.41) is 0. The highest BCUT2D eigenvalue weighted by atomic mass is 16.5. The van der Waals surface area contributed by atoms with Crippen molar-refractivity contribution in [1.29, 1.82) is 0 Å². The standard InChI is InChI=1S/C16H19NO4/c1-18-13-7-6-11(15(19-2)16(13)20-3)14-12(17-9-21-14)8-10-4-5-10/h6-7,9-10H,4-5,8H2,1-3H3. The topological polar surface area (TPSA) is 53.7 Å². The van der Waals surface area contributed by atoms with E-state index in [1.54, 1.807) is 21.3 Å². The fourth-order valence-corrected chi connectivity index (χ4v) is 2.51. The van der Waals surface area contributed by atoms with Crippen molar-refractivity contribution in [3.05, 3.63) is 24.2 Å². The lowest BCUT2D eigenvalue weighted by molar-refractivity contribution is 0.324. The molecule has 0 N–H and O–H groups in total. The summed E-state index contributed by atoms with van der Waals surface area (Å²) >= 11 is 0. The molecule has 1 fully saturated rings. The summed E-state index contributed by atoms with van der Waals surface area (Å²) in [5.74, 6) is 3.28. The predicted octanol–water partition coefficient (Wildman–Crippen LogP) is 3.32. The van der Waals surface area contributed by atoms with Crippen LogP contribution in [0.15, 0.2) is 22.9 Å². The van der Waals surface area contributed by atoms with Gasteiger partial charge in [0.15, 0.2) is 23.7 Å². The third-order valence-electron chi connectivity index (χ3n) is 3.77. The lowest BCUT2D eigenvalue weighted by Crippen LogP contribution is -1.98. The maximum atomic E-state index is 5.61. The van der Waals surface area contributed by atoms with E-state index in [9.17, 15) is 0 Å². The summed E-state index contributed by atoms with van der Waals surface area (Å²) in [6.45, 7) is 0. The molecule has 0 bridgehead atoms. The highest BCUT2D eigenvalue weighted by Crippen LogP contribution is 2.45. The second-order valence-electron chi connectivity index (χ2n) is 5.16. The Kier molecular flexibility index (Phi) is 3.73. The van der Waals surface area contributed by atoms with Gasteiger partial charge in [-0.15, -0.1) is 0 Å². The average Bonchev–Trinajstić information content (AvgIpc) is 3.21. The largest absolute Gasteiger partial charge is 0.493 e. The molecule has 0 atom stereocenters. The van der Waals surface area contributed by atoms with Crippen molar-refractivity contribution in [1.82, 2.24) is 4.98 Å². The SMILES string of the molecule is COc1ccc(-c2ocnc2CC2CC2)c(OC)c1OC. The number of methoxy groups -OCH3 is 3. The van der Waals surface area contributed by atoms with Crippen LogP contribution in [0, 0.1) is 5.92 Å².